The Morgan fingerprint density at radius 2 is 1.75 bits per heavy atom. The SMILES string of the molecule is CC(=O)OC1[C@@H](OC(C)=O)[C@H](OCCl)C(N=[N+]=[N-])C[C@H]1N=[N+]=[N-].O=[N+]([O-])c1nc(Br)n[nH]1. The van der Waals surface area contributed by atoms with Crippen LogP contribution < -0.4 is 0 Å². The van der Waals surface area contributed by atoms with Crippen LogP contribution in [0.5, 0.6) is 0 Å². The molecule has 0 bridgehead atoms. The summed E-state index contributed by atoms with van der Waals surface area (Å²) >= 11 is 8.41. The smallest absolute Gasteiger partial charge is 0.454 e. The fraction of sp³-hybridized carbons (Fsp3) is 0.692. The molecule has 0 radical (unpaired) electrons. The number of H-pyrrole nitrogens is 1. The van der Waals surface area contributed by atoms with E-state index in [2.05, 4.69) is 51.2 Å². The van der Waals surface area contributed by atoms with Gasteiger partial charge in [-0.05, 0) is 27.4 Å². The van der Waals surface area contributed by atoms with Crippen molar-refractivity contribution in [3.63, 3.8) is 0 Å². The monoisotopic (exact) mass is 538 g/mol. The molecule has 1 aliphatic carbocycles. The van der Waals surface area contributed by atoms with E-state index in [1.54, 1.807) is 0 Å². The van der Waals surface area contributed by atoms with Gasteiger partial charge in [0.25, 0.3) is 0 Å². The van der Waals surface area contributed by atoms with Crippen LogP contribution >= 0.6 is 27.5 Å². The summed E-state index contributed by atoms with van der Waals surface area (Å²) in [5, 5.41) is 22.5. The van der Waals surface area contributed by atoms with Crippen molar-refractivity contribution < 1.29 is 28.7 Å². The van der Waals surface area contributed by atoms with Gasteiger partial charge in [-0.2, -0.15) is 0 Å². The Kier molecular flexibility index (Phi) is 11.2. The predicted octanol–water partition coefficient (Wildman–Crippen LogP) is 2.67. The number of hydrogen-bond donors (Lipinski definition) is 1. The van der Waals surface area contributed by atoms with Crippen LogP contribution in [-0.4, -0.2) is 68.5 Å². The number of carbonyl (C=O) groups is 2. The molecule has 19 heteroatoms. The summed E-state index contributed by atoms with van der Waals surface area (Å²) in [6, 6.07) is -1.97. The Balaban J connectivity index is 0.000000471. The lowest BCUT2D eigenvalue weighted by molar-refractivity contribution is -0.394. The van der Waals surface area contributed by atoms with Gasteiger partial charge in [-0.15, -0.1) is 5.10 Å². The van der Waals surface area contributed by atoms with Crippen molar-refractivity contribution >= 4 is 45.4 Å². The van der Waals surface area contributed by atoms with E-state index in [1.165, 1.54) is 0 Å². The van der Waals surface area contributed by atoms with Crippen LogP contribution in [0.1, 0.15) is 20.3 Å². The summed E-state index contributed by atoms with van der Waals surface area (Å²) in [6.07, 6.45) is -3.10. The molecular weight excluding hydrogens is 524 g/mol. The number of alkyl halides is 1. The average Bonchev–Trinajstić information content (AvgIpc) is 3.14. The minimum atomic E-state index is -1.13. The number of rotatable bonds is 7. The first-order chi connectivity index (χ1) is 15.1. The lowest BCUT2D eigenvalue weighted by Gasteiger charge is -2.42. The molecule has 17 nitrogen and oxygen atoms in total. The number of azide groups is 2. The van der Waals surface area contributed by atoms with E-state index >= 15 is 0 Å². The maximum absolute atomic E-state index is 11.4. The lowest BCUT2D eigenvalue weighted by Crippen LogP contribution is -2.58. The van der Waals surface area contributed by atoms with Gasteiger partial charge < -0.3 is 24.3 Å². The zero-order valence-corrected chi connectivity index (χ0v) is 18.8. The Morgan fingerprint density at radius 1 is 1.22 bits per heavy atom. The number of hydrogen-bond acceptors (Lipinski definition) is 11. The zero-order valence-electron chi connectivity index (χ0n) is 16.4. The van der Waals surface area contributed by atoms with E-state index in [1.807, 2.05) is 0 Å². The van der Waals surface area contributed by atoms with Crippen molar-refractivity contribution in [1.29, 1.82) is 0 Å². The third kappa shape index (κ3) is 8.16. The Morgan fingerprint density at radius 3 is 2.12 bits per heavy atom. The first kappa shape index (κ1) is 26.9. The third-order valence-electron chi connectivity index (χ3n) is 3.77. The summed E-state index contributed by atoms with van der Waals surface area (Å²) in [5.74, 6) is -1.68. The van der Waals surface area contributed by atoms with Crippen molar-refractivity contribution in [1.82, 2.24) is 15.2 Å². The van der Waals surface area contributed by atoms with Gasteiger partial charge in [0.15, 0.2) is 6.10 Å². The quantitative estimate of drug-likeness (QED) is 0.102. The van der Waals surface area contributed by atoms with Crippen LogP contribution in [0.3, 0.4) is 0 Å². The maximum Gasteiger partial charge on any atom is 0.454 e. The molecule has 1 aromatic rings. The maximum atomic E-state index is 11.4. The number of halogens is 2. The minimum Gasteiger partial charge on any atom is -0.458 e. The van der Waals surface area contributed by atoms with Gasteiger partial charge in [-0.25, -0.2) is 0 Å². The number of aromatic amines is 1. The molecule has 1 saturated carbocycles. The largest absolute Gasteiger partial charge is 0.458 e. The number of nitrogens with zero attached hydrogens (tertiary/aromatic N) is 9. The summed E-state index contributed by atoms with van der Waals surface area (Å²) in [4.78, 5) is 40.6. The normalized spacial score (nSPS) is 23.9. The molecule has 1 aliphatic rings. The highest BCUT2D eigenvalue weighted by Gasteiger charge is 2.49. The fourth-order valence-electron chi connectivity index (χ4n) is 2.76. The van der Waals surface area contributed by atoms with Crippen molar-refractivity contribution in [2.45, 2.75) is 50.7 Å². The first-order valence-corrected chi connectivity index (χ1v) is 9.80. The van der Waals surface area contributed by atoms with Crippen LogP contribution in [0.4, 0.5) is 5.95 Å². The highest BCUT2D eigenvalue weighted by molar-refractivity contribution is 9.10. The second-order valence-corrected chi connectivity index (χ2v) is 6.78. The van der Waals surface area contributed by atoms with Gasteiger partial charge in [0.1, 0.15) is 18.3 Å². The summed E-state index contributed by atoms with van der Waals surface area (Å²) in [5.41, 5.74) is 17.4. The van der Waals surface area contributed by atoms with Gasteiger partial charge in [0, 0.05) is 39.6 Å². The number of nitrogens with one attached hydrogen (secondary N) is 1. The summed E-state index contributed by atoms with van der Waals surface area (Å²) < 4.78 is 15.8. The molecule has 174 valence electrons. The molecule has 0 aromatic carbocycles. The molecular formula is C13H16BrClN10O7. The molecule has 0 aliphatic heterocycles. The Hall–Kier alpha value is -3.17. The molecule has 1 heterocycles. The van der Waals surface area contributed by atoms with Gasteiger partial charge in [0.2, 0.25) is 0 Å². The van der Waals surface area contributed by atoms with E-state index in [0.717, 1.165) is 13.8 Å². The molecule has 2 unspecified atom stereocenters. The second kappa shape index (κ2) is 13.3. The lowest BCUT2D eigenvalue weighted by atomic mass is 9.84. The Bertz CT molecular complexity index is 919. The van der Waals surface area contributed by atoms with Crippen LogP contribution in [0, 0.1) is 10.1 Å². The van der Waals surface area contributed by atoms with E-state index in [0.29, 0.717) is 0 Å². The third-order valence-corrected chi connectivity index (χ3v) is 4.25. The van der Waals surface area contributed by atoms with Crippen LogP contribution in [0.15, 0.2) is 15.0 Å². The van der Waals surface area contributed by atoms with Gasteiger partial charge in [0.05, 0.1) is 12.1 Å². The van der Waals surface area contributed by atoms with Crippen LogP contribution in [0.25, 0.3) is 20.9 Å². The highest BCUT2D eigenvalue weighted by atomic mass is 79.9. The van der Waals surface area contributed by atoms with Crippen molar-refractivity contribution in [3.8, 4) is 0 Å². The first-order valence-electron chi connectivity index (χ1n) is 8.47. The van der Waals surface area contributed by atoms with E-state index in [9.17, 15) is 19.7 Å². The summed E-state index contributed by atoms with van der Waals surface area (Å²) in [7, 11) is 0. The molecule has 2 rings (SSSR count). The van der Waals surface area contributed by atoms with E-state index < -0.39 is 47.3 Å². The fourth-order valence-corrected chi connectivity index (χ4v) is 3.16. The molecule has 1 fully saturated rings. The summed E-state index contributed by atoms with van der Waals surface area (Å²) in [6.45, 7) is 2.32. The number of esters is 2. The number of carbonyl (C=O) groups excluding carboxylic acids is 2. The minimum absolute atomic E-state index is 0.0470. The van der Waals surface area contributed by atoms with Crippen LogP contribution in [0.2, 0.25) is 0 Å². The zero-order chi connectivity index (χ0) is 24.3. The number of aromatic nitrogens is 3. The van der Waals surface area contributed by atoms with Gasteiger partial charge >= 0.3 is 22.6 Å². The van der Waals surface area contributed by atoms with Crippen molar-refractivity contribution in [3.05, 3.63) is 35.7 Å². The molecule has 5 atom stereocenters. The molecule has 0 amide bonds. The second-order valence-electron chi connectivity index (χ2n) is 5.85. The van der Waals surface area contributed by atoms with Crippen molar-refractivity contribution in [2.24, 2.45) is 10.2 Å². The predicted molar refractivity (Wildman–Crippen MR) is 108 cm³/mol. The van der Waals surface area contributed by atoms with Gasteiger partial charge in [-0.1, -0.05) is 26.9 Å². The standard InChI is InChI=1S/C11H15ClN6O5.C2HBrN4O2/c1-5(19)22-10-8(16-18-14)3-7(15-17-13)9(21-4-12)11(10)23-6(2)20;3-1-4-2(6-5-1)7(8)9/h7-11H,3-4H2,1-2H3;(H,4,5,6)/t7?,8-,9-,10?,11+;/m1./s1. The molecule has 1 N–H and O–H groups in total. The topological polar surface area (TPSA) is 244 Å². The highest BCUT2D eigenvalue weighted by Crippen LogP contribution is 2.32. The molecule has 0 saturated heterocycles. The molecule has 1 aromatic heterocycles. The van der Waals surface area contributed by atoms with E-state index in [4.69, 9.17) is 36.9 Å². The van der Waals surface area contributed by atoms with E-state index in [-0.39, 0.29) is 23.2 Å². The average molecular weight is 540 g/mol. The van der Waals surface area contributed by atoms with Crippen molar-refractivity contribution in [2.75, 3.05) is 6.07 Å². The number of ether oxygens (including phenoxy) is 3. The molecule has 0 spiro atoms. The Labute approximate surface area is 192 Å². The molecule has 32 heavy (non-hydrogen) atoms. The van der Waals surface area contributed by atoms with Crippen LogP contribution in [-0.2, 0) is 23.8 Å². The van der Waals surface area contributed by atoms with Gasteiger partial charge in [-0.3, -0.25) is 9.59 Å². The number of nitro groups is 1.